The van der Waals surface area contributed by atoms with Gasteiger partial charge >= 0.3 is 6.03 Å². The van der Waals surface area contributed by atoms with Crippen LogP contribution in [0.25, 0.3) is 11.3 Å². The summed E-state index contributed by atoms with van der Waals surface area (Å²) in [6.07, 6.45) is 6.74. The lowest BCUT2D eigenvalue weighted by Crippen LogP contribution is -2.43. The molecular formula is C20H25N3O2. The fraction of sp³-hybridized carbons (Fsp3) is 0.500. The van der Waals surface area contributed by atoms with Crippen LogP contribution in [-0.2, 0) is 0 Å². The zero-order chi connectivity index (χ0) is 17.2. The number of nitrogens with one attached hydrogen (secondary N) is 1. The molecule has 2 amide bonds. The summed E-state index contributed by atoms with van der Waals surface area (Å²) in [6, 6.07) is 9.64. The topological polar surface area (TPSA) is 58.4 Å². The molecule has 1 heterocycles. The molecule has 2 saturated carbocycles. The predicted molar refractivity (Wildman–Crippen MR) is 95.9 cm³/mol. The van der Waals surface area contributed by atoms with Crippen molar-refractivity contribution in [3.8, 4) is 11.3 Å². The maximum atomic E-state index is 12.7. The largest absolute Gasteiger partial charge is 0.438 e. The van der Waals surface area contributed by atoms with Crippen LogP contribution in [0, 0.1) is 11.8 Å². The van der Waals surface area contributed by atoms with Crippen LogP contribution in [-0.4, -0.2) is 29.0 Å². The summed E-state index contributed by atoms with van der Waals surface area (Å²) < 4.78 is 5.85. The summed E-state index contributed by atoms with van der Waals surface area (Å²) in [5.74, 6) is 2.67. The molecule has 1 aromatic carbocycles. The highest BCUT2D eigenvalue weighted by Gasteiger charge is 2.32. The van der Waals surface area contributed by atoms with Gasteiger partial charge in [0.05, 0.1) is 6.20 Å². The Balaban J connectivity index is 1.39. The number of oxazole rings is 1. The number of rotatable bonds is 7. The molecule has 25 heavy (non-hydrogen) atoms. The second kappa shape index (κ2) is 6.90. The van der Waals surface area contributed by atoms with Gasteiger partial charge in [0, 0.05) is 18.7 Å². The highest BCUT2D eigenvalue weighted by molar-refractivity contribution is 5.74. The second-order valence-electron chi connectivity index (χ2n) is 7.39. The van der Waals surface area contributed by atoms with E-state index < -0.39 is 0 Å². The van der Waals surface area contributed by atoms with Crippen LogP contribution in [0.2, 0.25) is 0 Å². The van der Waals surface area contributed by atoms with E-state index in [9.17, 15) is 4.79 Å². The van der Waals surface area contributed by atoms with Gasteiger partial charge in [0.15, 0.2) is 5.76 Å². The number of nitrogens with zero attached hydrogens (tertiary/aromatic N) is 2. The van der Waals surface area contributed by atoms with E-state index in [-0.39, 0.29) is 12.1 Å². The zero-order valence-electron chi connectivity index (χ0n) is 14.6. The number of urea groups is 1. The summed E-state index contributed by atoms with van der Waals surface area (Å²) in [6.45, 7) is 3.69. The van der Waals surface area contributed by atoms with Gasteiger partial charge < -0.3 is 14.6 Å². The average Bonchev–Trinajstić information content (AvgIpc) is 3.55. The van der Waals surface area contributed by atoms with Crippen molar-refractivity contribution in [2.45, 2.75) is 38.6 Å². The quantitative estimate of drug-likeness (QED) is 0.821. The molecule has 0 bridgehead atoms. The van der Waals surface area contributed by atoms with E-state index in [1.54, 1.807) is 6.20 Å². The van der Waals surface area contributed by atoms with Crippen molar-refractivity contribution in [1.82, 2.24) is 15.2 Å². The minimum absolute atomic E-state index is 0.00533. The molecule has 0 saturated heterocycles. The van der Waals surface area contributed by atoms with Gasteiger partial charge in [-0.3, -0.25) is 0 Å². The molecule has 2 fully saturated rings. The van der Waals surface area contributed by atoms with Crippen LogP contribution in [0.5, 0.6) is 0 Å². The first-order valence-corrected chi connectivity index (χ1v) is 9.25. The Morgan fingerprint density at radius 2 is 1.84 bits per heavy atom. The molecule has 2 aliphatic rings. The van der Waals surface area contributed by atoms with Crippen molar-refractivity contribution >= 4 is 6.03 Å². The molecule has 4 rings (SSSR count). The highest BCUT2D eigenvalue weighted by atomic mass is 16.4. The summed E-state index contributed by atoms with van der Waals surface area (Å²) in [5.41, 5.74) is 0.990. The second-order valence-corrected chi connectivity index (χ2v) is 7.39. The number of carbonyl (C=O) groups is 1. The molecule has 132 valence electrons. The van der Waals surface area contributed by atoms with Crippen LogP contribution in [0.3, 0.4) is 0 Å². The summed E-state index contributed by atoms with van der Waals surface area (Å²) in [4.78, 5) is 19.0. The van der Waals surface area contributed by atoms with Gasteiger partial charge in [-0.25, -0.2) is 9.78 Å². The monoisotopic (exact) mass is 339 g/mol. The fourth-order valence-electron chi connectivity index (χ4n) is 3.03. The Morgan fingerprint density at radius 3 is 2.44 bits per heavy atom. The molecule has 5 heteroatoms. The third-order valence-electron chi connectivity index (χ3n) is 4.93. The van der Waals surface area contributed by atoms with Gasteiger partial charge in [-0.2, -0.15) is 0 Å². The van der Waals surface area contributed by atoms with E-state index in [0.717, 1.165) is 24.4 Å². The summed E-state index contributed by atoms with van der Waals surface area (Å²) in [7, 11) is 0. The van der Waals surface area contributed by atoms with Gasteiger partial charge in [0.25, 0.3) is 0 Å². The average molecular weight is 339 g/mol. The Hall–Kier alpha value is -2.30. The molecule has 0 unspecified atom stereocenters. The number of carbonyl (C=O) groups excluding carboxylic acids is 1. The van der Waals surface area contributed by atoms with Crippen molar-refractivity contribution in [3.63, 3.8) is 0 Å². The molecule has 5 nitrogen and oxygen atoms in total. The molecule has 1 aromatic heterocycles. The van der Waals surface area contributed by atoms with E-state index in [1.807, 2.05) is 42.2 Å². The minimum Gasteiger partial charge on any atom is -0.438 e. The van der Waals surface area contributed by atoms with Gasteiger partial charge in [-0.05, 0) is 44.4 Å². The van der Waals surface area contributed by atoms with E-state index in [1.165, 1.54) is 25.7 Å². The molecule has 2 aromatic rings. The normalized spacial score (nSPS) is 18.0. The first-order chi connectivity index (χ1) is 12.2. The Labute approximate surface area is 148 Å². The lowest BCUT2D eigenvalue weighted by atomic mass is 10.2. The number of aromatic nitrogens is 1. The van der Waals surface area contributed by atoms with Gasteiger partial charge in [0.1, 0.15) is 6.04 Å². The number of hydrogen-bond donors (Lipinski definition) is 1. The Bertz CT molecular complexity index is 706. The third-order valence-corrected chi connectivity index (χ3v) is 4.93. The molecule has 0 radical (unpaired) electrons. The maximum absolute atomic E-state index is 12.7. The van der Waals surface area contributed by atoms with Crippen LogP contribution in [0.4, 0.5) is 4.79 Å². The van der Waals surface area contributed by atoms with E-state index in [4.69, 9.17) is 4.42 Å². The van der Waals surface area contributed by atoms with Gasteiger partial charge in [-0.1, -0.05) is 30.3 Å². The first kappa shape index (κ1) is 16.2. The molecule has 1 N–H and O–H groups in total. The molecule has 0 aliphatic heterocycles. The Kier molecular flexibility index (Phi) is 4.47. The van der Waals surface area contributed by atoms with E-state index in [2.05, 4.69) is 10.3 Å². The number of benzene rings is 1. The van der Waals surface area contributed by atoms with Crippen LogP contribution in [0.15, 0.2) is 40.9 Å². The smallest absolute Gasteiger partial charge is 0.318 e. The van der Waals surface area contributed by atoms with E-state index in [0.29, 0.717) is 17.7 Å². The maximum Gasteiger partial charge on any atom is 0.318 e. The SMILES string of the molecule is C[C@H](NC(=O)N(CC1CC1)CC1CC1)c1ncc(-c2ccccc2)o1. The van der Waals surface area contributed by atoms with Gasteiger partial charge in [-0.15, -0.1) is 0 Å². The molecular weight excluding hydrogens is 314 g/mol. The van der Waals surface area contributed by atoms with Crippen molar-refractivity contribution in [2.24, 2.45) is 11.8 Å². The molecule has 2 aliphatic carbocycles. The first-order valence-electron chi connectivity index (χ1n) is 9.25. The van der Waals surface area contributed by atoms with Crippen molar-refractivity contribution in [2.75, 3.05) is 13.1 Å². The number of hydrogen-bond acceptors (Lipinski definition) is 3. The Morgan fingerprint density at radius 1 is 1.20 bits per heavy atom. The highest BCUT2D eigenvalue weighted by Crippen LogP contribution is 2.34. The number of amides is 2. The lowest BCUT2D eigenvalue weighted by molar-refractivity contribution is 0.187. The standard InChI is InChI=1S/C20H25N3O2/c1-14(19-21-11-18(25-19)17-5-3-2-4-6-17)22-20(24)23(12-15-7-8-15)13-16-9-10-16/h2-6,11,14-16H,7-10,12-13H2,1H3,(H,22,24)/t14-/m0/s1. The fourth-order valence-corrected chi connectivity index (χ4v) is 3.03. The van der Waals surface area contributed by atoms with Gasteiger partial charge in [0.2, 0.25) is 5.89 Å². The third kappa shape index (κ3) is 4.21. The molecule has 1 atom stereocenters. The van der Waals surface area contributed by atoms with E-state index >= 15 is 0 Å². The zero-order valence-corrected chi connectivity index (χ0v) is 14.6. The lowest BCUT2D eigenvalue weighted by Gasteiger charge is -2.24. The summed E-state index contributed by atoms with van der Waals surface area (Å²) in [5, 5.41) is 3.06. The minimum atomic E-state index is -0.245. The molecule has 0 spiro atoms. The predicted octanol–water partition coefficient (Wildman–Crippen LogP) is 4.23. The van der Waals surface area contributed by atoms with Crippen molar-refractivity contribution in [1.29, 1.82) is 0 Å². The summed E-state index contributed by atoms with van der Waals surface area (Å²) >= 11 is 0. The van der Waals surface area contributed by atoms with Crippen LogP contribution < -0.4 is 5.32 Å². The van der Waals surface area contributed by atoms with Crippen molar-refractivity contribution in [3.05, 3.63) is 42.4 Å². The van der Waals surface area contributed by atoms with Crippen LogP contribution in [0.1, 0.15) is 44.5 Å². The van der Waals surface area contributed by atoms with Crippen LogP contribution >= 0.6 is 0 Å². The van der Waals surface area contributed by atoms with Crippen molar-refractivity contribution < 1.29 is 9.21 Å².